The van der Waals surface area contributed by atoms with Crippen molar-refractivity contribution in [3.8, 4) is 10.9 Å². The van der Waals surface area contributed by atoms with Gasteiger partial charge in [-0.3, -0.25) is 10.1 Å². The van der Waals surface area contributed by atoms with Crippen LogP contribution in [0.5, 0.6) is 10.9 Å². The van der Waals surface area contributed by atoms with Crippen molar-refractivity contribution in [2.45, 2.75) is 6.54 Å². The molecule has 0 unspecified atom stereocenters. The van der Waals surface area contributed by atoms with Crippen LogP contribution in [0.25, 0.3) is 0 Å². The van der Waals surface area contributed by atoms with Crippen LogP contribution >= 0.6 is 11.3 Å². The van der Waals surface area contributed by atoms with Crippen LogP contribution in [0.2, 0.25) is 0 Å². The molecule has 94 valence electrons. The number of aromatic nitrogens is 1. The fourth-order valence-corrected chi connectivity index (χ4v) is 2.01. The van der Waals surface area contributed by atoms with E-state index in [4.69, 9.17) is 4.74 Å². The van der Waals surface area contributed by atoms with Gasteiger partial charge in [0.05, 0.1) is 4.92 Å². The van der Waals surface area contributed by atoms with Crippen LogP contribution in [0.1, 0.15) is 5.56 Å². The predicted octanol–water partition coefficient (Wildman–Crippen LogP) is 2.56. The molecule has 2 rings (SSSR count). The van der Waals surface area contributed by atoms with Crippen LogP contribution in [0.4, 0.5) is 5.00 Å². The van der Waals surface area contributed by atoms with Crippen LogP contribution in [-0.4, -0.2) is 17.0 Å². The van der Waals surface area contributed by atoms with Crippen molar-refractivity contribution < 1.29 is 9.66 Å². The monoisotopic (exact) mass is 265 g/mol. The molecule has 1 N–H and O–H groups in total. The van der Waals surface area contributed by atoms with Crippen molar-refractivity contribution in [2.75, 3.05) is 7.05 Å². The number of nitrogens with zero attached hydrogens (tertiary/aromatic N) is 2. The highest BCUT2D eigenvalue weighted by Crippen LogP contribution is 2.30. The van der Waals surface area contributed by atoms with E-state index in [2.05, 4.69) is 10.3 Å². The summed E-state index contributed by atoms with van der Waals surface area (Å²) in [5.74, 6) is 0.618. The molecule has 0 atom stereocenters. The molecule has 1 heterocycles. The van der Waals surface area contributed by atoms with Crippen LogP contribution in [-0.2, 0) is 6.54 Å². The molecule has 0 spiro atoms. The molecule has 0 bridgehead atoms. The van der Waals surface area contributed by atoms with Crippen molar-refractivity contribution >= 4 is 16.3 Å². The van der Waals surface area contributed by atoms with E-state index in [0.717, 1.165) is 23.4 Å². The van der Waals surface area contributed by atoms with Gasteiger partial charge in [0.25, 0.3) is 5.19 Å². The van der Waals surface area contributed by atoms with Gasteiger partial charge in [0.1, 0.15) is 11.9 Å². The van der Waals surface area contributed by atoms with E-state index in [-0.39, 0.29) is 10.2 Å². The Morgan fingerprint density at radius 2 is 2.39 bits per heavy atom. The Kier molecular flexibility index (Phi) is 3.85. The minimum absolute atomic E-state index is 0.0311. The lowest BCUT2D eigenvalue weighted by Gasteiger charge is -2.04. The maximum absolute atomic E-state index is 10.5. The Labute approximate surface area is 107 Å². The number of hydrogen-bond acceptors (Lipinski definition) is 6. The molecule has 0 fully saturated rings. The Morgan fingerprint density at radius 1 is 1.56 bits per heavy atom. The molecule has 0 saturated heterocycles. The third-order valence-corrected chi connectivity index (χ3v) is 2.96. The predicted molar refractivity (Wildman–Crippen MR) is 68.0 cm³/mol. The van der Waals surface area contributed by atoms with Crippen molar-refractivity contribution in [3.05, 3.63) is 46.1 Å². The summed E-state index contributed by atoms with van der Waals surface area (Å²) >= 11 is 0.907. The van der Waals surface area contributed by atoms with Crippen molar-refractivity contribution in [1.82, 2.24) is 10.3 Å². The molecule has 1 aromatic heterocycles. The molecule has 0 radical (unpaired) electrons. The quantitative estimate of drug-likeness (QED) is 0.664. The summed E-state index contributed by atoms with van der Waals surface area (Å²) in [4.78, 5) is 13.9. The Hall–Kier alpha value is -1.99. The van der Waals surface area contributed by atoms with Gasteiger partial charge in [-0.05, 0) is 36.1 Å². The van der Waals surface area contributed by atoms with E-state index in [1.54, 1.807) is 6.07 Å². The average Bonchev–Trinajstić information content (AvgIpc) is 2.78. The van der Waals surface area contributed by atoms with Crippen molar-refractivity contribution in [2.24, 2.45) is 0 Å². The third-order valence-electron chi connectivity index (χ3n) is 2.14. The van der Waals surface area contributed by atoms with Gasteiger partial charge in [-0.2, -0.15) is 0 Å². The molecule has 1 aromatic carbocycles. The van der Waals surface area contributed by atoms with Crippen molar-refractivity contribution in [3.63, 3.8) is 0 Å². The van der Waals surface area contributed by atoms with Gasteiger partial charge in [-0.15, -0.1) is 0 Å². The normalized spacial score (nSPS) is 10.3. The summed E-state index contributed by atoms with van der Waals surface area (Å²) < 4.78 is 5.47. The lowest BCUT2D eigenvalue weighted by atomic mass is 10.2. The molecule has 6 nitrogen and oxygen atoms in total. The van der Waals surface area contributed by atoms with Gasteiger partial charge in [-0.1, -0.05) is 12.1 Å². The second kappa shape index (κ2) is 5.56. The van der Waals surface area contributed by atoms with Crippen LogP contribution < -0.4 is 10.1 Å². The summed E-state index contributed by atoms with van der Waals surface area (Å²) in [6, 6.07) is 7.48. The van der Waals surface area contributed by atoms with Gasteiger partial charge in [0.15, 0.2) is 0 Å². The molecule has 7 heteroatoms. The minimum Gasteiger partial charge on any atom is -0.431 e. The van der Waals surface area contributed by atoms with Crippen LogP contribution in [0, 0.1) is 10.1 Å². The zero-order valence-electron chi connectivity index (χ0n) is 9.62. The lowest BCUT2D eigenvalue weighted by molar-refractivity contribution is -0.380. The van der Waals surface area contributed by atoms with Gasteiger partial charge < -0.3 is 10.1 Å². The maximum Gasteiger partial charge on any atom is 0.347 e. The van der Waals surface area contributed by atoms with Gasteiger partial charge >= 0.3 is 5.00 Å². The van der Waals surface area contributed by atoms with Crippen LogP contribution in [0.15, 0.2) is 30.5 Å². The Bertz CT molecular complexity index is 556. The second-order valence-electron chi connectivity index (χ2n) is 3.50. The van der Waals surface area contributed by atoms with E-state index in [0.29, 0.717) is 5.75 Å². The van der Waals surface area contributed by atoms with Gasteiger partial charge in [-0.25, -0.2) is 4.98 Å². The zero-order valence-corrected chi connectivity index (χ0v) is 10.4. The Balaban J connectivity index is 2.12. The first kappa shape index (κ1) is 12.5. The fourth-order valence-electron chi connectivity index (χ4n) is 1.41. The minimum atomic E-state index is -0.484. The summed E-state index contributed by atoms with van der Waals surface area (Å²) in [6.45, 7) is 0.731. The van der Waals surface area contributed by atoms with E-state index in [1.807, 2.05) is 25.2 Å². The topological polar surface area (TPSA) is 77.3 Å². The summed E-state index contributed by atoms with van der Waals surface area (Å²) in [5, 5.41) is 13.8. The van der Waals surface area contributed by atoms with E-state index in [9.17, 15) is 10.1 Å². The lowest BCUT2D eigenvalue weighted by Crippen LogP contribution is -2.04. The Morgan fingerprint density at radius 3 is 3.06 bits per heavy atom. The molecular weight excluding hydrogens is 254 g/mol. The molecule has 2 aromatic rings. The summed E-state index contributed by atoms with van der Waals surface area (Å²) in [5.41, 5.74) is 1.07. The van der Waals surface area contributed by atoms with Gasteiger partial charge in [0.2, 0.25) is 0 Å². The molecule has 0 aliphatic rings. The highest BCUT2D eigenvalue weighted by atomic mass is 32.1. The van der Waals surface area contributed by atoms with E-state index >= 15 is 0 Å². The fraction of sp³-hybridized carbons (Fsp3) is 0.182. The number of benzene rings is 1. The zero-order chi connectivity index (χ0) is 13.0. The molecule has 0 saturated carbocycles. The highest BCUT2D eigenvalue weighted by molar-refractivity contribution is 7.16. The highest BCUT2D eigenvalue weighted by Gasteiger charge is 2.12. The molecule has 0 aliphatic heterocycles. The SMILES string of the molecule is CNCc1cccc(Oc2ncc([N+](=O)[O-])s2)c1. The van der Waals surface area contributed by atoms with E-state index < -0.39 is 4.92 Å². The molecule has 0 aliphatic carbocycles. The molecular formula is C11H11N3O3S. The van der Waals surface area contributed by atoms with Gasteiger partial charge in [0, 0.05) is 6.54 Å². The second-order valence-corrected chi connectivity index (χ2v) is 4.47. The first-order valence-corrected chi connectivity index (χ1v) is 6.02. The van der Waals surface area contributed by atoms with E-state index in [1.165, 1.54) is 6.20 Å². The summed E-state index contributed by atoms with van der Waals surface area (Å²) in [7, 11) is 1.86. The number of thiazole rings is 1. The number of rotatable bonds is 5. The first-order chi connectivity index (χ1) is 8.69. The van der Waals surface area contributed by atoms with Crippen molar-refractivity contribution in [1.29, 1.82) is 0 Å². The third kappa shape index (κ3) is 3.02. The number of ether oxygens (including phenoxy) is 1. The molecule has 18 heavy (non-hydrogen) atoms. The first-order valence-electron chi connectivity index (χ1n) is 5.20. The maximum atomic E-state index is 10.5. The standard InChI is InChI=1S/C11H11N3O3S/c1-12-6-8-3-2-4-9(5-8)17-11-13-7-10(18-11)14(15)16/h2-5,7,12H,6H2,1H3. The largest absolute Gasteiger partial charge is 0.431 e. The molecule has 0 amide bonds. The van der Waals surface area contributed by atoms with Crippen LogP contribution in [0.3, 0.4) is 0 Å². The number of nitro groups is 1. The summed E-state index contributed by atoms with van der Waals surface area (Å²) in [6.07, 6.45) is 1.19. The smallest absolute Gasteiger partial charge is 0.347 e. The average molecular weight is 265 g/mol. The number of hydrogen-bond donors (Lipinski definition) is 1. The number of nitrogens with one attached hydrogen (secondary N) is 1.